The fourth-order valence-corrected chi connectivity index (χ4v) is 1.58. The van der Waals surface area contributed by atoms with Gasteiger partial charge in [-0.05, 0) is 18.2 Å². The van der Waals surface area contributed by atoms with Crippen molar-refractivity contribution >= 4 is 36.2 Å². The van der Waals surface area contributed by atoms with Gasteiger partial charge in [0.2, 0.25) is 0 Å². The van der Waals surface area contributed by atoms with Crippen LogP contribution in [-0.4, -0.2) is 26.3 Å². The Morgan fingerprint density at radius 2 is 1.81 bits per heavy atom. The van der Waals surface area contributed by atoms with Crippen molar-refractivity contribution in [1.82, 2.24) is 0 Å². The minimum Gasteiger partial charge on any atom is -0.399 e. The standard InChI is InChI=1S/C10H13FN2O.2ClH/c11-9-7-8(12)1-2-10(9)13-3-5-14-6-4-13;;/h1-2,7H,3-6,12H2;2*1H. The van der Waals surface area contributed by atoms with Crippen LogP contribution in [0, 0.1) is 5.82 Å². The van der Waals surface area contributed by atoms with E-state index in [2.05, 4.69) is 0 Å². The summed E-state index contributed by atoms with van der Waals surface area (Å²) in [5.74, 6) is -0.257. The molecule has 3 nitrogen and oxygen atoms in total. The molecule has 0 unspecified atom stereocenters. The first kappa shape index (κ1) is 15.3. The smallest absolute Gasteiger partial charge is 0.148 e. The molecule has 0 bridgehead atoms. The molecule has 1 aromatic carbocycles. The molecule has 2 rings (SSSR count). The van der Waals surface area contributed by atoms with E-state index in [1.807, 2.05) is 4.90 Å². The van der Waals surface area contributed by atoms with E-state index in [0.717, 1.165) is 13.1 Å². The molecule has 1 fully saturated rings. The van der Waals surface area contributed by atoms with Crippen LogP contribution in [0.4, 0.5) is 15.8 Å². The Morgan fingerprint density at radius 1 is 1.19 bits per heavy atom. The Bertz CT molecular complexity index is 333. The lowest BCUT2D eigenvalue weighted by Crippen LogP contribution is -2.36. The van der Waals surface area contributed by atoms with Crippen molar-refractivity contribution in [3.05, 3.63) is 24.0 Å². The number of ether oxygens (including phenoxy) is 1. The van der Waals surface area contributed by atoms with E-state index in [9.17, 15) is 4.39 Å². The maximum absolute atomic E-state index is 13.5. The zero-order valence-electron chi connectivity index (χ0n) is 8.69. The molecule has 92 valence electrons. The van der Waals surface area contributed by atoms with E-state index in [4.69, 9.17) is 10.5 Å². The number of anilines is 2. The van der Waals surface area contributed by atoms with E-state index >= 15 is 0 Å². The summed E-state index contributed by atoms with van der Waals surface area (Å²) in [4.78, 5) is 1.97. The van der Waals surface area contributed by atoms with Crippen LogP contribution in [0.5, 0.6) is 0 Å². The van der Waals surface area contributed by atoms with Crippen LogP contribution in [0.1, 0.15) is 0 Å². The molecule has 1 heterocycles. The molecule has 1 aliphatic heterocycles. The number of hydrogen-bond donors (Lipinski definition) is 1. The highest BCUT2D eigenvalue weighted by molar-refractivity contribution is 5.85. The molecule has 6 heteroatoms. The minimum absolute atomic E-state index is 0. The highest BCUT2D eigenvalue weighted by Crippen LogP contribution is 2.22. The fourth-order valence-electron chi connectivity index (χ4n) is 1.58. The Hall–Kier alpha value is -0.710. The summed E-state index contributed by atoms with van der Waals surface area (Å²) in [5.41, 5.74) is 6.55. The van der Waals surface area contributed by atoms with Crippen molar-refractivity contribution in [1.29, 1.82) is 0 Å². The highest BCUT2D eigenvalue weighted by Gasteiger charge is 2.14. The van der Waals surface area contributed by atoms with Gasteiger partial charge in [0.1, 0.15) is 5.82 Å². The van der Waals surface area contributed by atoms with Crippen LogP contribution < -0.4 is 10.6 Å². The van der Waals surface area contributed by atoms with Gasteiger partial charge in [0.15, 0.2) is 0 Å². The SMILES string of the molecule is Cl.Cl.Nc1ccc(N2CCOCC2)c(F)c1. The highest BCUT2D eigenvalue weighted by atomic mass is 35.5. The zero-order valence-corrected chi connectivity index (χ0v) is 10.3. The molecule has 0 saturated carbocycles. The van der Waals surface area contributed by atoms with E-state index in [0.29, 0.717) is 24.6 Å². The van der Waals surface area contributed by atoms with Crippen LogP contribution in [0.3, 0.4) is 0 Å². The van der Waals surface area contributed by atoms with E-state index < -0.39 is 0 Å². The number of nitrogen functional groups attached to an aromatic ring is 1. The van der Waals surface area contributed by atoms with Gasteiger partial charge in [0, 0.05) is 18.8 Å². The van der Waals surface area contributed by atoms with Crippen LogP contribution in [0.25, 0.3) is 0 Å². The maximum Gasteiger partial charge on any atom is 0.148 e. The molecule has 0 spiro atoms. The topological polar surface area (TPSA) is 38.5 Å². The third-order valence-electron chi connectivity index (χ3n) is 2.32. The molecule has 16 heavy (non-hydrogen) atoms. The average molecular weight is 269 g/mol. The molecule has 1 aromatic rings. The molecule has 1 aliphatic rings. The summed E-state index contributed by atoms with van der Waals surface area (Å²) >= 11 is 0. The van der Waals surface area contributed by atoms with Crippen LogP contribution in [0.15, 0.2) is 18.2 Å². The first-order chi connectivity index (χ1) is 6.77. The second-order valence-electron chi connectivity index (χ2n) is 3.31. The first-order valence-electron chi connectivity index (χ1n) is 4.65. The number of benzene rings is 1. The van der Waals surface area contributed by atoms with Gasteiger partial charge in [-0.25, -0.2) is 4.39 Å². The summed E-state index contributed by atoms with van der Waals surface area (Å²) in [6.45, 7) is 2.79. The molecular weight excluding hydrogens is 254 g/mol. The largest absolute Gasteiger partial charge is 0.399 e. The van der Waals surface area contributed by atoms with Gasteiger partial charge in [-0.15, -0.1) is 24.8 Å². The lowest BCUT2D eigenvalue weighted by atomic mass is 10.2. The summed E-state index contributed by atoms with van der Waals surface area (Å²) in [5, 5.41) is 0. The van der Waals surface area contributed by atoms with Crippen molar-refractivity contribution in [2.24, 2.45) is 0 Å². The van der Waals surface area contributed by atoms with Gasteiger partial charge in [-0.1, -0.05) is 0 Å². The van der Waals surface area contributed by atoms with Crippen molar-refractivity contribution in [3.63, 3.8) is 0 Å². The molecule has 1 saturated heterocycles. The van der Waals surface area contributed by atoms with E-state index in [1.165, 1.54) is 6.07 Å². The summed E-state index contributed by atoms with van der Waals surface area (Å²) in [6, 6.07) is 4.79. The predicted molar refractivity (Wildman–Crippen MR) is 68.3 cm³/mol. The molecule has 0 aromatic heterocycles. The molecule has 0 radical (unpaired) electrons. The van der Waals surface area contributed by atoms with Crippen molar-refractivity contribution < 1.29 is 9.13 Å². The van der Waals surface area contributed by atoms with Gasteiger partial charge in [0.05, 0.1) is 18.9 Å². The van der Waals surface area contributed by atoms with Gasteiger partial charge < -0.3 is 15.4 Å². The molecule has 0 amide bonds. The Balaban J connectivity index is 0.00000112. The monoisotopic (exact) mass is 268 g/mol. The third-order valence-corrected chi connectivity index (χ3v) is 2.32. The first-order valence-corrected chi connectivity index (χ1v) is 4.65. The summed E-state index contributed by atoms with van der Waals surface area (Å²) < 4.78 is 18.7. The lowest BCUT2D eigenvalue weighted by Gasteiger charge is -2.29. The van der Waals surface area contributed by atoms with Gasteiger partial charge in [0.25, 0.3) is 0 Å². The number of nitrogens with two attached hydrogens (primary N) is 1. The number of nitrogens with zero attached hydrogens (tertiary/aromatic N) is 1. The summed E-state index contributed by atoms with van der Waals surface area (Å²) in [6.07, 6.45) is 0. The maximum atomic E-state index is 13.5. The zero-order chi connectivity index (χ0) is 9.97. The van der Waals surface area contributed by atoms with Crippen LogP contribution >= 0.6 is 24.8 Å². The average Bonchev–Trinajstić information content (AvgIpc) is 2.19. The van der Waals surface area contributed by atoms with Gasteiger partial charge >= 0.3 is 0 Å². The Kier molecular flexibility index (Phi) is 6.48. The number of hydrogen-bond acceptors (Lipinski definition) is 3. The second kappa shape index (κ2) is 6.78. The van der Waals surface area contributed by atoms with E-state index in [-0.39, 0.29) is 30.6 Å². The lowest BCUT2D eigenvalue weighted by molar-refractivity contribution is 0.122. The summed E-state index contributed by atoms with van der Waals surface area (Å²) in [7, 11) is 0. The molecule has 0 atom stereocenters. The normalized spacial score (nSPS) is 14.9. The van der Waals surface area contributed by atoms with Crippen molar-refractivity contribution in [3.8, 4) is 0 Å². The van der Waals surface area contributed by atoms with Gasteiger partial charge in [-0.2, -0.15) is 0 Å². The molecular formula is C10H15Cl2FN2O. The number of halogens is 3. The minimum atomic E-state index is -0.257. The number of rotatable bonds is 1. The van der Waals surface area contributed by atoms with Crippen LogP contribution in [-0.2, 0) is 4.74 Å². The fraction of sp³-hybridized carbons (Fsp3) is 0.400. The van der Waals surface area contributed by atoms with Crippen LogP contribution in [0.2, 0.25) is 0 Å². The van der Waals surface area contributed by atoms with Crippen molar-refractivity contribution in [2.45, 2.75) is 0 Å². The van der Waals surface area contributed by atoms with Crippen molar-refractivity contribution in [2.75, 3.05) is 36.9 Å². The molecule has 0 aliphatic carbocycles. The quantitative estimate of drug-likeness (QED) is 0.793. The second-order valence-corrected chi connectivity index (χ2v) is 3.31. The van der Waals surface area contributed by atoms with Gasteiger partial charge in [-0.3, -0.25) is 0 Å². The molecule has 2 N–H and O–H groups in total. The Labute approximate surface area is 107 Å². The Morgan fingerprint density at radius 3 is 2.38 bits per heavy atom. The predicted octanol–water partition coefficient (Wildman–Crippen LogP) is 2.09. The third kappa shape index (κ3) is 3.40. The van der Waals surface area contributed by atoms with E-state index in [1.54, 1.807) is 12.1 Å². The number of morpholine rings is 1.